The minimum absolute atomic E-state index is 0.301. The molecule has 1 aromatic rings. The summed E-state index contributed by atoms with van der Waals surface area (Å²) in [6.07, 6.45) is 6.70. The average molecular weight is 267 g/mol. The molecule has 19 heavy (non-hydrogen) atoms. The van der Waals surface area contributed by atoms with E-state index in [-0.39, 0.29) is 5.75 Å². The number of aromatic hydroxyl groups is 1. The third-order valence-corrected chi connectivity index (χ3v) is 3.53. The van der Waals surface area contributed by atoms with Crippen LogP contribution < -0.4 is 5.32 Å². The molecule has 0 heterocycles. The number of nitrogens with one attached hydrogen (secondary N) is 1. The number of benzene rings is 1. The second-order valence-electron chi connectivity index (χ2n) is 5.09. The minimum atomic E-state index is -0.572. The van der Waals surface area contributed by atoms with Gasteiger partial charge in [-0.15, -0.1) is 0 Å². The van der Waals surface area contributed by atoms with Gasteiger partial charge in [0, 0.05) is 13.1 Å². The van der Waals surface area contributed by atoms with Crippen LogP contribution in [0.3, 0.4) is 0 Å². The maximum Gasteiger partial charge on any atom is 0.165 e. The van der Waals surface area contributed by atoms with Crippen LogP contribution in [0.5, 0.6) is 5.75 Å². The lowest BCUT2D eigenvalue weighted by Crippen LogP contribution is -2.24. The fourth-order valence-corrected chi connectivity index (χ4v) is 2.42. The molecule has 0 radical (unpaired) electrons. The van der Waals surface area contributed by atoms with E-state index in [4.69, 9.17) is 9.84 Å². The Morgan fingerprint density at radius 2 is 2.05 bits per heavy atom. The van der Waals surface area contributed by atoms with Crippen molar-refractivity contribution >= 4 is 0 Å². The quantitative estimate of drug-likeness (QED) is 0.779. The van der Waals surface area contributed by atoms with Crippen LogP contribution in [0.25, 0.3) is 0 Å². The van der Waals surface area contributed by atoms with Gasteiger partial charge >= 0.3 is 0 Å². The molecule has 0 aromatic heterocycles. The smallest absolute Gasteiger partial charge is 0.165 e. The van der Waals surface area contributed by atoms with Crippen LogP contribution in [-0.4, -0.2) is 24.4 Å². The van der Waals surface area contributed by atoms with Crippen molar-refractivity contribution in [1.82, 2.24) is 5.32 Å². The fraction of sp³-hybridized carbons (Fsp3) is 0.600. The third kappa shape index (κ3) is 4.80. The van der Waals surface area contributed by atoms with Gasteiger partial charge < -0.3 is 15.2 Å². The Labute approximate surface area is 113 Å². The van der Waals surface area contributed by atoms with Gasteiger partial charge in [0.1, 0.15) is 0 Å². The van der Waals surface area contributed by atoms with Crippen LogP contribution in [0.2, 0.25) is 0 Å². The Morgan fingerprint density at radius 3 is 2.79 bits per heavy atom. The van der Waals surface area contributed by atoms with Crippen LogP contribution >= 0.6 is 0 Å². The predicted molar refractivity (Wildman–Crippen MR) is 72.6 cm³/mol. The van der Waals surface area contributed by atoms with Gasteiger partial charge in [0.05, 0.1) is 12.7 Å². The third-order valence-electron chi connectivity index (χ3n) is 3.53. The molecule has 1 saturated carbocycles. The average Bonchev–Trinajstić information content (AvgIpc) is 2.43. The predicted octanol–water partition coefficient (Wildman–Crippen LogP) is 2.97. The summed E-state index contributed by atoms with van der Waals surface area (Å²) in [5.74, 6) is -0.873. The SMILES string of the molecule is Oc1ccc(CNCCOC2CCCCC2)cc1F. The highest BCUT2D eigenvalue weighted by atomic mass is 19.1. The van der Waals surface area contributed by atoms with E-state index in [0.29, 0.717) is 19.3 Å². The van der Waals surface area contributed by atoms with Gasteiger partial charge in [0.15, 0.2) is 11.6 Å². The Balaban J connectivity index is 1.59. The molecule has 4 heteroatoms. The summed E-state index contributed by atoms with van der Waals surface area (Å²) in [5, 5.41) is 12.3. The molecule has 2 N–H and O–H groups in total. The van der Waals surface area contributed by atoms with Crippen LogP contribution in [0.15, 0.2) is 18.2 Å². The lowest BCUT2D eigenvalue weighted by molar-refractivity contribution is 0.0302. The van der Waals surface area contributed by atoms with E-state index in [9.17, 15) is 4.39 Å². The van der Waals surface area contributed by atoms with Gasteiger partial charge in [0.2, 0.25) is 0 Å². The first-order valence-corrected chi connectivity index (χ1v) is 7.05. The van der Waals surface area contributed by atoms with Gasteiger partial charge in [-0.3, -0.25) is 0 Å². The van der Waals surface area contributed by atoms with Crippen molar-refractivity contribution in [1.29, 1.82) is 0 Å². The molecule has 2 rings (SSSR count). The number of phenolic OH excluding ortho intramolecular Hbond substituents is 1. The molecule has 1 fully saturated rings. The van der Waals surface area contributed by atoms with Crippen molar-refractivity contribution in [3.63, 3.8) is 0 Å². The normalized spacial score (nSPS) is 16.7. The summed E-state index contributed by atoms with van der Waals surface area (Å²) in [6, 6.07) is 4.45. The maximum atomic E-state index is 13.1. The first kappa shape index (κ1) is 14.3. The van der Waals surface area contributed by atoms with Crippen LogP contribution in [0, 0.1) is 5.82 Å². The lowest BCUT2D eigenvalue weighted by Gasteiger charge is -2.22. The largest absolute Gasteiger partial charge is 0.505 e. The number of phenols is 1. The van der Waals surface area contributed by atoms with Crippen molar-refractivity contribution in [2.24, 2.45) is 0 Å². The molecule has 1 aromatic carbocycles. The number of rotatable bonds is 6. The van der Waals surface area contributed by atoms with E-state index >= 15 is 0 Å². The molecular weight excluding hydrogens is 245 g/mol. The first-order valence-electron chi connectivity index (χ1n) is 7.05. The fourth-order valence-electron chi connectivity index (χ4n) is 2.42. The summed E-state index contributed by atoms with van der Waals surface area (Å²) >= 11 is 0. The number of halogens is 1. The maximum absolute atomic E-state index is 13.1. The van der Waals surface area contributed by atoms with Crippen LogP contribution in [0.4, 0.5) is 4.39 Å². The van der Waals surface area contributed by atoms with E-state index in [1.165, 1.54) is 44.2 Å². The molecule has 106 valence electrons. The van der Waals surface area contributed by atoms with E-state index in [2.05, 4.69) is 5.32 Å². The molecule has 0 spiro atoms. The van der Waals surface area contributed by atoms with Gasteiger partial charge in [0.25, 0.3) is 0 Å². The summed E-state index contributed by atoms with van der Waals surface area (Å²) in [5.41, 5.74) is 0.827. The molecular formula is C15H22FNO2. The van der Waals surface area contributed by atoms with Crippen molar-refractivity contribution in [3.8, 4) is 5.75 Å². The molecule has 0 saturated heterocycles. The number of ether oxygens (including phenoxy) is 1. The Morgan fingerprint density at radius 1 is 1.26 bits per heavy atom. The first-order chi connectivity index (χ1) is 9.25. The van der Waals surface area contributed by atoms with Crippen molar-refractivity contribution in [2.45, 2.75) is 44.8 Å². The topological polar surface area (TPSA) is 41.5 Å². The van der Waals surface area contributed by atoms with Crippen molar-refractivity contribution in [2.75, 3.05) is 13.2 Å². The standard InChI is InChI=1S/C15H22FNO2/c16-14-10-12(6-7-15(14)18)11-17-8-9-19-13-4-2-1-3-5-13/h6-7,10,13,17-18H,1-5,8-9,11H2. The van der Waals surface area contributed by atoms with E-state index < -0.39 is 5.82 Å². The van der Waals surface area contributed by atoms with Gasteiger partial charge in [-0.25, -0.2) is 4.39 Å². The highest BCUT2D eigenvalue weighted by Gasteiger charge is 2.12. The highest BCUT2D eigenvalue weighted by Crippen LogP contribution is 2.20. The molecule has 0 unspecified atom stereocenters. The summed E-state index contributed by atoms with van der Waals surface area (Å²) in [6.45, 7) is 2.05. The zero-order chi connectivity index (χ0) is 13.5. The van der Waals surface area contributed by atoms with Crippen molar-refractivity contribution in [3.05, 3.63) is 29.6 Å². The highest BCUT2D eigenvalue weighted by molar-refractivity contribution is 5.27. The zero-order valence-electron chi connectivity index (χ0n) is 11.2. The molecule has 0 atom stereocenters. The molecule has 3 nitrogen and oxygen atoms in total. The minimum Gasteiger partial charge on any atom is -0.505 e. The Bertz CT molecular complexity index is 392. The Hall–Kier alpha value is -1.13. The van der Waals surface area contributed by atoms with E-state index in [1.54, 1.807) is 6.07 Å². The van der Waals surface area contributed by atoms with Crippen LogP contribution in [-0.2, 0) is 11.3 Å². The van der Waals surface area contributed by atoms with Gasteiger partial charge in [-0.2, -0.15) is 0 Å². The van der Waals surface area contributed by atoms with E-state index in [0.717, 1.165) is 12.1 Å². The summed E-state index contributed by atoms with van der Waals surface area (Å²) in [4.78, 5) is 0. The zero-order valence-corrected chi connectivity index (χ0v) is 11.2. The van der Waals surface area contributed by atoms with Crippen LogP contribution in [0.1, 0.15) is 37.7 Å². The molecule has 0 amide bonds. The number of hydrogen-bond acceptors (Lipinski definition) is 3. The number of hydrogen-bond donors (Lipinski definition) is 2. The monoisotopic (exact) mass is 267 g/mol. The van der Waals surface area contributed by atoms with Crippen molar-refractivity contribution < 1.29 is 14.2 Å². The van der Waals surface area contributed by atoms with Gasteiger partial charge in [-0.1, -0.05) is 25.3 Å². The summed E-state index contributed by atoms with van der Waals surface area (Å²) < 4.78 is 18.9. The molecule has 1 aliphatic carbocycles. The van der Waals surface area contributed by atoms with Gasteiger partial charge in [-0.05, 0) is 30.5 Å². The molecule has 0 aliphatic heterocycles. The second-order valence-corrected chi connectivity index (χ2v) is 5.09. The Kier molecular flexibility index (Phi) is 5.61. The molecule has 0 bridgehead atoms. The lowest BCUT2D eigenvalue weighted by atomic mass is 9.98. The second kappa shape index (κ2) is 7.46. The molecule has 1 aliphatic rings. The summed E-state index contributed by atoms with van der Waals surface area (Å²) in [7, 11) is 0. The van der Waals surface area contributed by atoms with E-state index in [1.807, 2.05) is 0 Å².